The van der Waals surface area contributed by atoms with E-state index in [1.165, 1.54) is 0 Å². The second-order valence-electron chi connectivity index (χ2n) is 5.53. The van der Waals surface area contributed by atoms with E-state index in [4.69, 9.17) is 28.9 Å². The van der Waals surface area contributed by atoms with Crippen molar-refractivity contribution >= 4 is 29.1 Å². The Morgan fingerprint density at radius 2 is 1.70 bits per heavy atom. The molecule has 1 aromatic carbocycles. The van der Waals surface area contributed by atoms with Gasteiger partial charge in [-0.1, -0.05) is 43.1 Å². The monoisotopic (exact) mass is 316 g/mol. The van der Waals surface area contributed by atoms with Gasteiger partial charge in [0.1, 0.15) is 0 Å². The molecule has 0 bridgehead atoms. The van der Waals surface area contributed by atoms with Gasteiger partial charge in [0.25, 0.3) is 0 Å². The predicted octanol–water partition coefficient (Wildman–Crippen LogP) is 3.71. The summed E-state index contributed by atoms with van der Waals surface area (Å²) in [5, 5.41) is 1.13. The van der Waals surface area contributed by atoms with Gasteiger partial charge in [0.2, 0.25) is 5.91 Å². The van der Waals surface area contributed by atoms with Crippen LogP contribution in [0.2, 0.25) is 10.0 Å². The average molecular weight is 317 g/mol. The smallest absolute Gasteiger partial charge is 0.240 e. The van der Waals surface area contributed by atoms with Gasteiger partial charge in [-0.05, 0) is 31.9 Å². The van der Waals surface area contributed by atoms with Crippen LogP contribution >= 0.6 is 23.2 Å². The van der Waals surface area contributed by atoms with Crippen molar-refractivity contribution < 1.29 is 4.79 Å². The number of rotatable bonds is 5. The minimum atomic E-state index is -0.515. The SMILES string of the molecule is CC(C)[C@H](N)C(=O)N(Cc1c(Cl)cccc1Cl)C(C)C. The zero-order chi connectivity index (χ0) is 15.4. The number of hydrogen-bond donors (Lipinski definition) is 1. The van der Waals surface area contributed by atoms with Crippen LogP contribution in [0.15, 0.2) is 18.2 Å². The van der Waals surface area contributed by atoms with Crippen LogP contribution < -0.4 is 5.73 Å². The Balaban J connectivity index is 3.02. The van der Waals surface area contributed by atoms with Gasteiger partial charge in [0, 0.05) is 28.2 Å². The van der Waals surface area contributed by atoms with Gasteiger partial charge in [-0.15, -0.1) is 0 Å². The summed E-state index contributed by atoms with van der Waals surface area (Å²) in [4.78, 5) is 14.2. The average Bonchev–Trinajstić information content (AvgIpc) is 2.36. The highest BCUT2D eigenvalue weighted by Gasteiger charge is 2.26. The summed E-state index contributed by atoms with van der Waals surface area (Å²) >= 11 is 12.3. The Bertz CT molecular complexity index is 455. The first-order chi connectivity index (χ1) is 9.25. The second-order valence-corrected chi connectivity index (χ2v) is 6.34. The minimum Gasteiger partial charge on any atom is -0.334 e. The molecule has 5 heteroatoms. The highest BCUT2D eigenvalue weighted by molar-refractivity contribution is 6.36. The molecule has 2 N–H and O–H groups in total. The van der Waals surface area contributed by atoms with Gasteiger partial charge in [-0.2, -0.15) is 0 Å². The molecular formula is C15H22Cl2N2O. The summed E-state index contributed by atoms with van der Waals surface area (Å²) in [5.41, 5.74) is 6.73. The molecule has 0 spiro atoms. The number of benzene rings is 1. The maximum Gasteiger partial charge on any atom is 0.240 e. The Morgan fingerprint density at radius 3 is 2.10 bits per heavy atom. The minimum absolute atomic E-state index is 0.0274. The number of carbonyl (C=O) groups is 1. The number of hydrogen-bond acceptors (Lipinski definition) is 2. The molecule has 0 saturated heterocycles. The number of nitrogens with two attached hydrogens (primary N) is 1. The number of amides is 1. The number of halogens is 2. The van der Waals surface area contributed by atoms with Crippen molar-refractivity contribution in [1.29, 1.82) is 0 Å². The van der Waals surface area contributed by atoms with E-state index in [1.807, 2.05) is 27.7 Å². The van der Waals surface area contributed by atoms with Crippen LogP contribution in [-0.4, -0.2) is 22.9 Å². The van der Waals surface area contributed by atoms with Crippen molar-refractivity contribution in [1.82, 2.24) is 4.90 Å². The molecular weight excluding hydrogens is 295 g/mol. The van der Waals surface area contributed by atoms with Crippen molar-refractivity contribution in [2.75, 3.05) is 0 Å². The lowest BCUT2D eigenvalue weighted by Gasteiger charge is -2.31. The van der Waals surface area contributed by atoms with Gasteiger partial charge in [-0.25, -0.2) is 0 Å². The van der Waals surface area contributed by atoms with E-state index in [9.17, 15) is 4.79 Å². The third kappa shape index (κ3) is 4.11. The van der Waals surface area contributed by atoms with E-state index in [2.05, 4.69) is 0 Å². The lowest BCUT2D eigenvalue weighted by atomic mass is 10.0. The highest BCUT2D eigenvalue weighted by atomic mass is 35.5. The van der Waals surface area contributed by atoms with Gasteiger partial charge < -0.3 is 10.6 Å². The van der Waals surface area contributed by atoms with Crippen molar-refractivity contribution in [3.63, 3.8) is 0 Å². The fraction of sp³-hybridized carbons (Fsp3) is 0.533. The first kappa shape index (κ1) is 17.3. The molecule has 0 aliphatic heterocycles. The van der Waals surface area contributed by atoms with E-state index < -0.39 is 6.04 Å². The van der Waals surface area contributed by atoms with Crippen LogP contribution in [0.25, 0.3) is 0 Å². The maximum atomic E-state index is 12.5. The molecule has 20 heavy (non-hydrogen) atoms. The molecule has 0 fully saturated rings. The van der Waals surface area contributed by atoms with Gasteiger partial charge in [0.15, 0.2) is 0 Å². The van der Waals surface area contributed by atoms with Crippen LogP contribution in [-0.2, 0) is 11.3 Å². The Labute approximate surface area is 131 Å². The highest BCUT2D eigenvalue weighted by Crippen LogP contribution is 2.26. The summed E-state index contributed by atoms with van der Waals surface area (Å²) in [7, 11) is 0. The fourth-order valence-electron chi connectivity index (χ4n) is 1.85. The molecule has 1 aromatic rings. The van der Waals surface area contributed by atoms with Crippen LogP contribution in [0.4, 0.5) is 0 Å². The zero-order valence-corrected chi connectivity index (χ0v) is 13.9. The number of nitrogens with zero attached hydrogens (tertiary/aromatic N) is 1. The third-order valence-electron chi connectivity index (χ3n) is 3.30. The van der Waals surface area contributed by atoms with Crippen molar-refractivity contribution in [3.05, 3.63) is 33.8 Å². The molecule has 0 aromatic heterocycles. The first-order valence-corrected chi connectivity index (χ1v) is 7.50. The van der Waals surface area contributed by atoms with Gasteiger partial charge >= 0.3 is 0 Å². The lowest BCUT2D eigenvalue weighted by molar-refractivity contribution is -0.136. The van der Waals surface area contributed by atoms with E-state index in [0.29, 0.717) is 16.6 Å². The molecule has 0 aliphatic carbocycles. The van der Waals surface area contributed by atoms with Crippen LogP contribution in [0.3, 0.4) is 0 Å². The van der Waals surface area contributed by atoms with Crippen molar-refractivity contribution in [2.24, 2.45) is 11.7 Å². The number of carbonyl (C=O) groups excluding carboxylic acids is 1. The summed E-state index contributed by atoms with van der Waals surface area (Å²) in [6.45, 7) is 8.15. The van der Waals surface area contributed by atoms with Gasteiger partial charge in [0.05, 0.1) is 6.04 Å². The van der Waals surface area contributed by atoms with Crippen molar-refractivity contribution in [2.45, 2.75) is 46.3 Å². The molecule has 1 atom stereocenters. The molecule has 1 amide bonds. The standard InChI is InChI=1S/C15H22Cl2N2O/c1-9(2)14(18)15(20)19(10(3)4)8-11-12(16)6-5-7-13(11)17/h5-7,9-10,14H,8,18H2,1-4H3/t14-/m0/s1. The van der Waals surface area contributed by atoms with Gasteiger partial charge in [-0.3, -0.25) is 4.79 Å². The zero-order valence-electron chi connectivity index (χ0n) is 12.4. The summed E-state index contributed by atoms with van der Waals surface area (Å²) in [6, 6.07) is 4.84. The first-order valence-electron chi connectivity index (χ1n) is 6.74. The molecule has 0 heterocycles. The third-order valence-corrected chi connectivity index (χ3v) is 4.01. The molecule has 0 radical (unpaired) electrons. The quantitative estimate of drug-likeness (QED) is 0.900. The summed E-state index contributed by atoms with van der Waals surface area (Å²) < 4.78 is 0. The molecule has 0 saturated carbocycles. The molecule has 112 valence electrons. The molecule has 0 aliphatic rings. The lowest BCUT2D eigenvalue weighted by Crippen LogP contribution is -2.48. The van der Waals surface area contributed by atoms with Crippen LogP contribution in [0.5, 0.6) is 0 Å². The largest absolute Gasteiger partial charge is 0.334 e. The Hall–Kier alpha value is -0.770. The summed E-state index contributed by atoms with van der Waals surface area (Å²) in [6.07, 6.45) is 0. The maximum absolute atomic E-state index is 12.5. The summed E-state index contributed by atoms with van der Waals surface area (Å²) in [5.74, 6) is 0.0106. The predicted molar refractivity (Wildman–Crippen MR) is 85.0 cm³/mol. The Morgan fingerprint density at radius 1 is 1.20 bits per heavy atom. The van der Waals surface area contributed by atoms with E-state index >= 15 is 0 Å². The molecule has 1 rings (SSSR count). The van der Waals surface area contributed by atoms with E-state index in [1.54, 1.807) is 23.1 Å². The van der Waals surface area contributed by atoms with Crippen LogP contribution in [0.1, 0.15) is 33.3 Å². The topological polar surface area (TPSA) is 46.3 Å². The normalized spacial score (nSPS) is 12.8. The Kier molecular flexibility index (Phi) is 6.31. The van der Waals surface area contributed by atoms with E-state index in [-0.39, 0.29) is 17.9 Å². The van der Waals surface area contributed by atoms with Crippen molar-refractivity contribution in [3.8, 4) is 0 Å². The molecule has 0 unspecified atom stereocenters. The molecule has 3 nitrogen and oxygen atoms in total. The van der Waals surface area contributed by atoms with Crippen LogP contribution in [0, 0.1) is 5.92 Å². The fourth-order valence-corrected chi connectivity index (χ4v) is 2.36. The van der Waals surface area contributed by atoms with E-state index in [0.717, 1.165) is 5.56 Å². The second kappa shape index (κ2) is 7.30.